The molecule has 0 bridgehead atoms. The molecule has 2 aromatic carbocycles. The predicted octanol–water partition coefficient (Wildman–Crippen LogP) is 3.33. The number of sulfone groups is 1. The van der Waals surface area contributed by atoms with Gasteiger partial charge in [0.15, 0.2) is 9.84 Å². The summed E-state index contributed by atoms with van der Waals surface area (Å²) < 4.78 is 33.7. The highest BCUT2D eigenvalue weighted by Gasteiger charge is 2.14. The van der Waals surface area contributed by atoms with Gasteiger partial charge in [0.1, 0.15) is 17.1 Å². The van der Waals surface area contributed by atoms with Gasteiger partial charge in [0.2, 0.25) is 0 Å². The van der Waals surface area contributed by atoms with Gasteiger partial charge in [0, 0.05) is 17.7 Å². The van der Waals surface area contributed by atoms with Crippen LogP contribution in [-0.2, 0) is 9.84 Å². The first-order valence-electron chi connectivity index (χ1n) is 6.57. The summed E-state index contributed by atoms with van der Waals surface area (Å²) in [5, 5.41) is 9.74. The average molecular weight is 332 g/mol. The highest BCUT2D eigenvalue weighted by Crippen LogP contribution is 2.30. The number of carboxylic acids is 1. The van der Waals surface area contributed by atoms with Crippen molar-refractivity contribution >= 4 is 26.8 Å². The number of carbonyl (C=O) groups is 1. The van der Waals surface area contributed by atoms with Crippen LogP contribution in [0.25, 0.3) is 11.0 Å². The Morgan fingerprint density at radius 2 is 1.78 bits per heavy atom. The molecule has 3 rings (SSSR count). The first-order valence-corrected chi connectivity index (χ1v) is 8.46. The van der Waals surface area contributed by atoms with Gasteiger partial charge >= 0.3 is 5.97 Å². The maximum absolute atomic E-state index is 11.4. The molecule has 0 fully saturated rings. The van der Waals surface area contributed by atoms with Crippen molar-refractivity contribution in [3.05, 3.63) is 54.3 Å². The monoisotopic (exact) mass is 332 g/mol. The second kappa shape index (κ2) is 5.44. The zero-order valence-corrected chi connectivity index (χ0v) is 12.8. The van der Waals surface area contributed by atoms with Crippen LogP contribution in [0.3, 0.4) is 0 Å². The fraction of sp³-hybridized carbons (Fsp3) is 0.0625. The summed E-state index contributed by atoms with van der Waals surface area (Å²) in [6, 6.07) is 10.4. The van der Waals surface area contributed by atoms with Crippen LogP contribution in [0.4, 0.5) is 0 Å². The molecular weight excluding hydrogens is 320 g/mol. The molecule has 118 valence electrons. The Balaban J connectivity index is 1.97. The van der Waals surface area contributed by atoms with Crippen LogP contribution in [0.15, 0.2) is 58.0 Å². The normalized spacial score (nSPS) is 11.5. The Morgan fingerprint density at radius 3 is 2.39 bits per heavy atom. The van der Waals surface area contributed by atoms with E-state index in [4.69, 9.17) is 9.15 Å². The first-order chi connectivity index (χ1) is 10.8. The lowest BCUT2D eigenvalue weighted by atomic mass is 10.1. The number of carboxylic acid groups (broad SMARTS) is 1. The van der Waals surface area contributed by atoms with Crippen molar-refractivity contribution in [2.24, 2.45) is 0 Å². The summed E-state index contributed by atoms with van der Waals surface area (Å²) in [5.41, 5.74) is 0.465. The highest BCUT2D eigenvalue weighted by molar-refractivity contribution is 7.90. The van der Waals surface area contributed by atoms with Crippen LogP contribution < -0.4 is 4.74 Å². The predicted molar refractivity (Wildman–Crippen MR) is 82.8 cm³/mol. The zero-order valence-electron chi connectivity index (χ0n) is 12.0. The topological polar surface area (TPSA) is 93.8 Å². The molecule has 6 nitrogen and oxygen atoms in total. The van der Waals surface area contributed by atoms with E-state index in [1.54, 1.807) is 12.1 Å². The van der Waals surface area contributed by atoms with Gasteiger partial charge in [-0.2, -0.15) is 0 Å². The van der Waals surface area contributed by atoms with Gasteiger partial charge in [-0.25, -0.2) is 13.2 Å². The molecular formula is C16H12O6S. The second-order valence-corrected chi connectivity index (χ2v) is 6.97. The van der Waals surface area contributed by atoms with Crippen molar-refractivity contribution in [2.75, 3.05) is 6.26 Å². The van der Waals surface area contributed by atoms with Crippen LogP contribution in [0.5, 0.6) is 11.5 Å². The minimum atomic E-state index is -3.28. The van der Waals surface area contributed by atoms with Crippen molar-refractivity contribution in [1.29, 1.82) is 0 Å². The van der Waals surface area contributed by atoms with E-state index in [-0.39, 0.29) is 16.2 Å². The molecule has 1 heterocycles. The lowest BCUT2D eigenvalue weighted by Gasteiger charge is -2.08. The van der Waals surface area contributed by atoms with Gasteiger partial charge in [-0.05, 0) is 36.4 Å². The maximum Gasteiger partial charge on any atom is 0.336 e. The van der Waals surface area contributed by atoms with Gasteiger partial charge < -0.3 is 14.3 Å². The summed E-state index contributed by atoms with van der Waals surface area (Å²) in [5.74, 6) is -0.411. The summed E-state index contributed by atoms with van der Waals surface area (Å²) in [6.45, 7) is 0. The molecule has 0 saturated heterocycles. The van der Waals surface area contributed by atoms with Crippen molar-refractivity contribution in [3.63, 3.8) is 0 Å². The number of benzene rings is 2. The molecule has 0 saturated carbocycles. The summed E-state index contributed by atoms with van der Waals surface area (Å²) >= 11 is 0. The highest BCUT2D eigenvalue weighted by atomic mass is 32.2. The molecule has 7 heteroatoms. The maximum atomic E-state index is 11.4. The van der Waals surface area contributed by atoms with Crippen LogP contribution in [0, 0.1) is 0 Å². The summed E-state index contributed by atoms with van der Waals surface area (Å²) in [6.07, 6.45) is 2.52. The molecule has 1 aromatic heterocycles. The van der Waals surface area contributed by atoms with E-state index in [1.807, 2.05) is 0 Å². The molecule has 0 spiro atoms. The Kier molecular flexibility index (Phi) is 3.57. The third-order valence-corrected chi connectivity index (χ3v) is 4.39. The fourth-order valence-corrected chi connectivity index (χ4v) is 2.80. The first kappa shape index (κ1) is 15.1. The lowest BCUT2D eigenvalue weighted by molar-refractivity contribution is 0.0698. The smallest absolute Gasteiger partial charge is 0.336 e. The average Bonchev–Trinajstić information content (AvgIpc) is 2.94. The SMILES string of the molecule is CS(=O)(=O)c1ccc(Oc2cc(C(=O)O)c3ccoc3c2)cc1. The molecule has 3 aromatic rings. The van der Waals surface area contributed by atoms with Gasteiger partial charge in [0.25, 0.3) is 0 Å². The Hall–Kier alpha value is -2.80. The molecule has 0 aliphatic heterocycles. The van der Waals surface area contributed by atoms with Crippen LogP contribution in [0.1, 0.15) is 10.4 Å². The Bertz CT molecular complexity index is 983. The van der Waals surface area contributed by atoms with Crippen molar-refractivity contribution in [2.45, 2.75) is 4.90 Å². The minimum absolute atomic E-state index is 0.0685. The molecule has 0 radical (unpaired) electrons. The molecule has 23 heavy (non-hydrogen) atoms. The third-order valence-electron chi connectivity index (χ3n) is 3.26. The molecule has 0 amide bonds. The number of furan rings is 1. The number of aromatic carboxylic acids is 1. The van der Waals surface area contributed by atoms with Crippen molar-refractivity contribution in [1.82, 2.24) is 0 Å². The van der Waals surface area contributed by atoms with Crippen molar-refractivity contribution < 1.29 is 27.5 Å². The molecule has 0 atom stereocenters. The Labute approximate surface area is 131 Å². The van der Waals surface area contributed by atoms with Gasteiger partial charge in [0.05, 0.1) is 16.7 Å². The number of ether oxygens (including phenoxy) is 1. The Morgan fingerprint density at radius 1 is 1.09 bits per heavy atom. The van der Waals surface area contributed by atoms with E-state index in [9.17, 15) is 18.3 Å². The number of rotatable bonds is 4. The van der Waals surface area contributed by atoms with E-state index < -0.39 is 15.8 Å². The molecule has 1 N–H and O–H groups in total. The largest absolute Gasteiger partial charge is 0.478 e. The zero-order chi connectivity index (χ0) is 16.6. The van der Waals surface area contributed by atoms with E-state index in [2.05, 4.69) is 0 Å². The van der Waals surface area contributed by atoms with Crippen LogP contribution in [0.2, 0.25) is 0 Å². The van der Waals surface area contributed by atoms with Crippen LogP contribution >= 0.6 is 0 Å². The summed E-state index contributed by atoms with van der Waals surface area (Å²) in [4.78, 5) is 11.5. The van der Waals surface area contributed by atoms with E-state index in [1.165, 1.54) is 36.6 Å². The quantitative estimate of drug-likeness (QED) is 0.787. The second-order valence-electron chi connectivity index (χ2n) is 4.95. The van der Waals surface area contributed by atoms with Gasteiger partial charge in [-0.15, -0.1) is 0 Å². The number of fused-ring (bicyclic) bond motifs is 1. The van der Waals surface area contributed by atoms with E-state index in [0.29, 0.717) is 16.7 Å². The van der Waals surface area contributed by atoms with Gasteiger partial charge in [-0.3, -0.25) is 0 Å². The minimum Gasteiger partial charge on any atom is -0.478 e. The standard InChI is InChI=1S/C16H12O6S/c1-23(19,20)12-4-2-10(3-5-12)22-11-8-14(16(17)18)13-6-7-21-15(13)9-11/h2-9H,1H3,(H,17,18). The molecule has 0 aliphatic carbocycles. The fourth-order valence-electron chi connectivity index (χ4n) is 2.17. The van der Waals surface area contributed by atoms with Crippen molar-refractivity contribution in [3.8, 4) is 11.5 Å². The molecule has 0 unspecified atom stereocenters. The van der Waals surface area contributed by atoms with Gasteiger partial charge in [-0.1, -0.05) is 0 Å². The van der Waals surface area contributed by atoms with E-state index >= 15 is 0 Å². The third kappa shape index (κ3) is 3.04. The molecule has 0 aliphatic rings. The number of hydrogen-bond donors (Lipinski definition) is 1. The lowest BCUT2D eigenvalue weighted by Crippen LogP contribution is -1.98. The van der Waals surface area contributed by atoms with E-state index in [0.717, 1.165) is 6.26 Å². The number of hydrogen-bond acceptors (Lipinski definition) is 5. The summed E-state index contributed by atoms with van der Waals surface area (Å²) in [7, 11) is -3.28. The van der Waals surface area contributed by atoms with Crippen LogP contribution in [-0.4, -0.2) is 25.7 Å².